The summed E-state index contributed by atoms with van der Waals surface area (Å²) in [7, 11) is 0. The predicted molar refractivity (Wildman–Crippen MR) is 67.4 cm³/mol. The molecular formula is C12H13F3N2O4. The molecule has 21 heavy (non-hydrogen) atoms. The van der Waals surface area contributed by atoms with Gasteiger partial charge in [0.05, 0.1) is 0 Å². The third-order valence-corrected chi connectivity index (χ3v) is 2.52. The molecule has 0 aromatic heterocycles. The average molecular weight is 306 g/mol. The fraction of sp³-hybridized carbons (Fsp3) is 0.333. The molecule has 0 saturated heterocycles. The van der Waals surface area contributed by atoms with Gasteiger partial charge in [-0.1, -0.05) is 0 Å². The zero-order valence-electron chi connectivity index (χ0n) is 10.9. The molecule has 0 bridgehead atoms. The second kappa shape index (κ2) is 6.33. The van der Waals surface area contributed by atoms with Crippen LogP contribution < -0.4 is 5.32 Å². The van der Waals surface area contributed by atoms with E-state index in [1.54, 1.807) is 0 Å². The third-order valence-electron chi connectivity index (χ3n) is 2.52. The van der Waals surface area contributed by atoms with E-state index < -0.39 is 30.5 Å². The van der Waals surface area contributed by atoms with Gasteiger partial charge >= 0.3 is 18.2 Å². The van der Waals surface area contributed by atoms with Crippen molar-refractivity contribution in [2.45, 2.75) is 13.1 Å². The van der Waals surface area contributed by atoms with E-state index in [-0.39, 0.29) is 17.8 Å². The number of aromatic carboxylic acids is 1. The van der Waals surface area contributed by atoms with Gasteiger partial charge in [-0.15, -0.1) is 0 Å². The van der Waals surface area contributed by atoms with Crippen molar-refractivity contribution in [1.29, 1.82) is 0 Å². The highest BCUT2D eigenvalue weighted by Gasteiger charge is 2.32. The maximum atomic E-state index is 12.3. The molecule has 0 spiro atoms. The highest BCUT2D eigenvalue weighted by Crippen LogP contribution is 2.23. The molecule has 0 atom stereocenters. The lowest BCUT2D eigenvalue weighted by molar-refractivity contribution is -0.139. The van der Waals surface area contributed by atoms with E-state index >= 15 is 0 Å². The van der Waals surface area contributed by atoms with Gasteiger partial charge in [0.25, 0.3) is 0 Å². The largest absolute Gasteiger partial charge is 0.507 e. The van der Waals surface area contributed by atoms with Crippen LogP contribution in [0.25, 0.3) is 0 Å². The first-order valence-corrected chi connectivity index (χ1v) is 5.83. The summed E-state index contributed by atoms with van der Waals surface area (Å²) in [4.78, 5) is 22.9. The number of carbonyl (C=O) groups excluding carboxylic acids is 1. The first-order chi connectivity index (χ1) is 9.64. The van der Waals surface area contributed by atoms with Crippen molar-refractivity contribution in [3.05, 3.63) is 23.8 Å². The Hall–Kier alpha value is -2.45. The van der Waals surface area contributed by atoms with Gasteiger partial charge in [-0.25, -0.2) is 9.59 Å². The Balaban J connectivity index is 2.82. The average Bonchev–Trinajstić information content (AvgIpc) is 2.34. The lowest BCUT2D eigenvalue weighted by Crippen LogP contribution is -2.41. The van der Waals surface area contributed by atoms with Crippen molar-refractivity contribution in [2.75, 3.05) is 18.4 Å². The number of nitrogens with one attached hydrogen (secondary N) is 1. The first kappa shape index (κ1) is 16.6. The number of halogens is 3. The van der Waals surface area contributed by atoms with E-state index in [0.717, 1.165) is 12.1 Å². The first-order valence-electron chi connectivity index (χ1n) is 5.83. The minimum atomic E-state index is -4.53. The number of rotatable bonds is 4. The van der Waals surface area contributed by atoms with Crippen molar-refractivity contribution in [3.8, 4) is 5.75 Å². The van der Waals surface area contributed by atoms with Gasteiger partial charge in [-0.05, 0) is 19.1 Å². The summed E-state index contributed by atoms with van der Waals surface area (Å²) in [5.74, 6) is -1.96. The lowest BCUT2D eigenvalue weighted by atomic mass is 10.2. The number of carboxylic acid groups (broad SMARTS) is 1. The zero-order chi connectivity index (χ0) is 16.2. The van der Waals surface area contributed by atoms with Gasteiger partial charge in [-0.3, -0.25) is 0 Å². The minimum Gasteiger partial charge on any atom is -0.507 e. The topological polar surface area (TPSA) is 89.9 Å². The fourth-order valence-electron chi connectivity index (χ4n) is 1.54. The van der Waals surface area contributed by atoms with E-state index in [0.29, 0.717) is 4.90 Å². The summed E-state index contributed by atoms with van der Waals surface area (Å²) < 4.78 is 36.8. The molecule has 0 heterocycles. The second-order valence-corrected chi connectivity index (χ2v) is 4.10. The molecule has 0 unspecified atom stereocenters. The minimum absolute atomic E-state index is 0.0110. The fourth-order valence-corrected chi connectivity index (χ4v) is 1.54. The van der Waals surface area contributed by atoms with Gasteiger partial charge in [0.15, 0.2) is 0 Å². The number of carbonyl (C=O) groups is 2. The van der Waals surface area contributed by atoms with Crippen LogP contribution in [0.3, 0.4) is 0 Å². The summed E-state index contributed by atoms with van der Waals surface area (Å²) in [6.45, 7) is -0.185. The van der Waals surface area contributed by atoms with E-state index in [1.807, 2.05) is 0 Å². The van der Waals surface area contributed by atoms with Gasteiger partial charge in [0.2, 0.25) is 0 Å². The van der Waals surface area contributed by atoms with Gasteiger partial charge < -0.3 is 20.4 Å². The number of hydrogen-bond donors (Lipinski definition) is 3. The van der Waals surface area contributed by atoms with Crippen molar-refractivity contribution in [2.24, 2.45) is 0 Å². The molecule has 9 heteroatoms. The Morgan fingerprint density at radius 1 is 1.33 bits per heavy atom. The molecule has 1 rings (SSSR count). The number of urea groups is 1. The Labute approximate surface area is 117 Å². The van der Waals surface area contributed by atoms with Crippen LogP contribution in [-0.4, -0.2) is 46.4 Å². The number of anilines is 1. The molecule has 6 nitrogen and oxygen atoms in total. The van der Waals surface area contributed by atoms with Crippen molar-refractivity contribution < 1.29 is 33.0 Å². The monoisotopic (exact) mass is 306 g/mol. The van der Waals surface area contributed by atoms with E-state index in [1.165, 1.54) is 13.0 Å². The molecule has 1 aromatic carbocycles. The molecule has 0 fully saturated rings. The van der Waals surface area contributed by atoms with Crippen LogP contribution in [-0.2, 0) is 0 Å². The summed E-state index contributed by atoms with van der Waals surface area (Å²) in [5, 5.41) is 20.3. The molecule has 1 aromatic rings. The molecule has 3 N–H and O–H groups in total. The number of hydrogen-bond acceptors (Lipinski definition) is 3. The maximum Gasteiger partial charge on any atom is 0.406 e. The smallest absolute Gasteiger partial charge is 0.406 e. The van der Waals surface area contributed by atoms with Gasteiger partial charge in [0, 0.05) is 18.3 Å². The SMILES string of the molecule is CCN(CC(F)(F)F)C(=O)Nc1ccc(C(=O)O)c(O)c1. The standard InChI is InChI=1S/C12H13F3N2O4/c1-2-17(6-12(13,14)15)11(21)16-7-3-4-8(10(19)20)9(18)5-7/h3-5,18H,2,6H2,1H3,(H,16,21)(H,19,20). The Bertz CT molecular complexity index is 546. The van der Waals surface area contributed by atoms with Crippen molar-refractivity contribution in [3.63, 3.8) is 0 Å². The van der Waals surface area contributed by atoms with E-state index in [9.17, 15) is 27.9 Å². The quantitative estimate of drug-likeness (QED) is 0.797. The van der Waals surface area contributed by atoms with Crippen molar-refractivity contribution >= 4 is 17.7 Å². The molecule has 0 saturated carbocycles. The van der Waals surface area contributed by atoms with Gasteiger partial charge in [0.1, 0.15) is 17.9 Å². The summed E-state index contributed by atoms with van der Waals surface area (Å²) in [6, 6.07) is 2.15. The molecule has 0 radical (unpaired) electrons. The van der Waals surface area contributed by atoms with E-state index in [2.05, 4.69) is 5.32 Å². The van der Waals surface area contributed by atoms with E-state index in [4.69, 9.17) is 5.11 Å². The van der Waals surface area contributed by atoms with Crippen LogP contribution in [0.2, 0.25) is 0 Å². The highest BCUT2D eigenvalue weighted by atomic mass is 19.4. The molecule has 0 aliphatic heterocycles. The second-order valence-electron chi connectivity index (χ2n) is 4.10. The Kier molecular flexibility index (Phi) is 5.01. The summed E-state index contributed by atoms with van der Waals surface area (Å²) in [6.07, 6.45) is -4.53. The summed E-state index contributed by atoms with van der Waals surface area (Å²) in [5.41, 5.74) is -0.390. The normalized spacial score (nSPS) is 11.0. The molecule has 2 amide bonds. The van der Waals surface area contributed by atoms with Crippen LogP contribution in [0.4, 0.5) is 23.7 Å². The van der Waals surface area contributed by atoms with Crippen LogP contribution in [0.5, 0.6) is 5.75 Å². The van der Waals surface area contributed by atoms with Crippen LogP contribution in [0, 0.1) is 0 Å². The lowest BCUT2D eigenvalue weighted by Gasteiger charge is -2.22. The number of alkyl halides is 3. The number of phenols is 1. The number of aromatic hydroxyl groups is 1. The number of benzene rings is 1. The van der Waals surface area contributed by atoms with Crippen LogP contribution >= 0.6 is 0 Å². The Morgan fingerprint density at radius 3 is 2.38 bits per heavy atom. The highest BCUT2D eigenvalue weighted by molar-refractivity contribution is 5.93. The maximum absolute atomic E-state index is 12.3. The van der Waals surface area contributed by atoms with Crippen molar-refractivity contribution in [1.82, 2.24) is 4.90 Å². The third kappa shape index (κ3) is 4.86. The number of nitrogens with zero attached hydrogens (tertiary/aromatic N) is 1. The zero-order valence-corrected chi connectivity index (χ0v) is 10.9. The molecule has 116 valence electrons. The van der Waals surface area contributed by atoms with Crippen LogP contribution in [0.15, 0.2) is 18.2 Å². The predicted octanol–water partition coefficient (Wildman–Crippen LogP) is 2.51. The van der Waals surface area contributed by atoms with Crippen LogP contribution in [0.1, 0.15) is 17.3 Å². The summed E-state index contributed by atoms with van der Waals surface area (Å²) >= 11 is 0. The molecule has 0 aliphatic carbocycles. The number of amides is 2. The van der Waals surface area contributed by atoms with Gasteiger partial charge in [-0.2, -0.15) is 13.2 Å². The molecular weight excluding hydrogens is 293 g/mol. The molecule has 0 aliphatic rings. The number of carboxylic acids is 1. The Morgan fingerprint density at radius 2 is 1.95 bits per heavy atom.